The van der Waals surface area contributed by atoms with Crippen molar-refractivity contribution in [2.75, 3.05) is 0 Å². The maximum atomic E-state index is 12.3. The first kappa shape index (κ1) is 17.6. The van der Waals surface area contributed by atoms with Gasteiger partial charge in [-0.2, -0.15) is 0 Å². The van der Waals surface area contributed by atoms with Gasteiger partial charge in [-0.3, -0.25) is 5.41 Å². The molecule has 0 bridgehead atoms. The number of rotatable bonds is 7. The van der Waals surface area contributed by atoms with Crippen LogP contribution in [-0.4, -0.2) is 5.84 Å². The Morgan fingerprint density at radius 2 is 1.54 bits per heavy atom. The van der Waals surface area contributed by atoms with Crippen LogP contribution >= 0.6 is 0 Å². The molecule has 5 nitrogen and oxygen atoms in total. The summed E-state index contributed by atoms with van der Waals surface area (Å²) in [6.45, 7) is 2.85. The number of allylic oxidation sites excluding steroid dienone is 2. The van der Waals surface area contributed by atoms with Crippen LogP contribution in [0.4, 0.5) is 0 Å². The number of hydrogen-bond donors (Lipinski definition) is 4. The van der Waals surface area contributed by atoms with E-state index in [1.165, 1.54) is 0 Å². The number of nitrogens with one attached hydrogen (secondary N) is 2. The predicted molar refractivity (Wildman–Crippen MR) is 95.0 cm³/mol. The molecule has 0 aliphatic rings. The average molecular weight is 323 g/mol. The molecule has 0 radical (unpaired) electrons. The van der Waals surface area contributed by atoms with Crippen LogP contribution in [0.3, 0.4) is 0 Å². The Kier molecular flexibility index (Phi) is 5.98. The van der Waals surface area contributed by atoms with Crippen LogP contribution in [0, 0.1) is 5.41 Å². The van der Waals surface area contributed by atoms with Crippen molar-refractivity contribution in [3.63, 3.8) is 0 Å². The summed E-state index contributed by atoms with van der Waals surface area (Å²) in [5.41, 5.74) is 15.4. The highest BCUT2D eigenvalue weighted by atomic mass is 16.3. The Morgan fingerprint density at radius 1 is 1.00 bits per heavy atom. The summed E-state index contributed by atoms with van der Waals surface area (Å²) < 4.78 is 0. The lowest BCUT2D eigenvalue weighted by Crippen LogP contribution is -2.19. The topological polar surface area (TPSA) is 111 Å². The summed E-state index contributed by atoms with van der Waals surface area (Å²) in [5.74, 6) is 0.115. The third-order valence-corrected chi connectivity index (χ3v) is 3.86. The van der Waals surface area contributed by atoms with Crippen LogP contribution in [0.1, 0.15) is 29.2 Å². The number of nitrogens with two attached hydrogens (primary N) is 2. The molecule has 2 rings (SSSR count). The van der Waals surface area contributed by atoms with Gasteiger partial charge in [0, 0.05) is 18.7 Å². The molecule has 2 aromatic rings. The zero-order chi connectivity index (χ0) is 17.5. The Hall–Kier alpha value is -2.79. The van der Waals surface area contributed by atoms with Crippen LogP contribution < -0.4 is 21.9 Å². The zero-order valence-electron chi connectivity index (χ0n) is 13.8. The van der Waals surface area contributed by atoms with E-state index in [0.717, 1.165) is 16.7 Å². The standard InChI is InChI=1S/C19H24N4O/c1-13(18(24)10-14-2-4-15(11-20)5-3-14)23-12-16-6-8-17(9-7-16)19(21)22/h2-9,23-24H,10-12,20H2,1H3,(H3,21,22)/p-1. The SMILES string of the molecule is CC(NCc1ccc(C(=N)N)cc1)=C([O-])Cc1ccc(CN)cc1. The molecule has 2 aromatic carbocycles. The third-order valence-electron chi connectivity index (χ3n) is 3.86. The summed E-state index contributed by atoms with van der Waals surface area (Å²) in [5, 5.41) is 22.8. The van der Waals surface area contributed by atoms with Crippen molar-refractivity contribution in [3.8, 4) is 0 Å². The highest BCUT2D eigenvalue weighted by Crippen LogP contribution is 2.10. The van der Waals surface area contributed by atoms with Gasteiger partial charge in [0.1, 0.15) is 5.84 Å². The maximum Gasteiger partial charge on any atom is 0.122 e. The van der Waals surface area contributed by atoms with E-state index < -0.39 is 0 Å². The normalized spacial score (nSPS) is 11.8. The number of hydrogen-bond acceptors (Lipinski definition) is 4. The van der Waals surface area contributed by atoms with Crippen molar-refractivity contribution in [3.05, 3.63) is 82.2 Å². The molecular formula is C19H23N4O-. The van der Waals surface area contributed by atoms with Gasteiger partial charge in [0.15, 0.2) is 0 Å². The second-order valence-electron chi connectivity index (χ2n) is 5.71. The summed E-state index contributed by atoms with van der Waals surface area (Å²) in [7, 11) is 0. The first-order valence-electron chi connectivity index (χ1n) is 7.81. The Bertz CT molecular complexity index is 718. The van der Waals surface area contributed by atoms with E-state index in [9.17, 15) is 5.11 Å². The van der Waals surface area contributed by atoms with Gasteiger partial charge in [-0.1, -0.05) is 48.5 Å². The van der Waals surface area contributed by atoms with Gasteiger partial charge in [0.25, 0.3) is 0 Å². The number of nitrogen functional groups attached to an aromatic ring is 1. The Morgan fingerprint density at radius 3 is 2.08 bits per heavy atom. The molecule has 0 heterocycles. The fourth-order valence-electron chi connectivity index (χ4n) is 2.25. The van der Waals surface area contributed by atoms with Crippen molar-refractivity contribution in [1.82, 2.24) is 5.32 Å². The molecule has 0 unspecified atom stereocenters. The van der Waals surface area contributed by atoms with Crippen molar-refractivity contribution < 1.29 is 5.11 Å². The highest BCUT2D eigenvalue weighted by molar-refractivity contribution is 5.94. The molecule has 0 amide bonds. The molecule has 5 heteroatoms. The van der Waals surface area contributed by atoms with Crippen LogP contribution in [0.15, 0.2) is 60.0 Å². The van der Waals surface area contributed by atoms with Gasteiger partial charge >= 0.3 is 0 Å². The van der Waals surface area contributed by atoms with Crippen LogP contribution in [0.25, 0.3) is 0 Å². The van der Waals surface area contributed by atoms with Gasteiger partial charge in [0.2, 0.25) is 0 Å². The van der Waals surface area contributed by atoms with E-state index >= 15 is 0 Å². The van der Waals surface area contributed by atoms with Gasteiger partial charge in [0.05, 0.1) is 0 Å². The summed E-state index contributed by atoms with van der Waals surface area (Å²) in [6, 6.07) is 15.2. The molecule has 126 valence electrons. The fraction of sp³-hybridized carbons (Fsp3) is 0.211. The molecule has 0 aromatic heterocycles. The van der Waals surface area contributed by atoms with E-state index in [0.29, 0.717) is 30.8 Å². The second kappa shape index (κ2) is 8.17. The van der Waals surface area contributed by atoms with Gasteiger partial charge in [-0.25, -0.2) is 0 Å². The molecule has 24 heavy (non-hydrogen) atoms. The van der Waals surface area contributed by atoms with Gasteiger partial charge in [-0.05, 0) is 35.7 Å². The molecular weight excluding hydrogens is 300 g/mol. The number of amidine groups is 1. The van der Waals surface area contributed by atoms with Gasteiger partial charge < -0.3 is 21.9 Å². The largest absolute Gasteiger partial charge is 0.874 e. The van der Waals surface area contributed by atoms with Crippen LogP contribution in [0.2, 0.25) is 0 Å². The molecule has 0 saturated carbocycles. The summed E-state index contributed by atoms with van der Waals surface area (Å²) in [4.78, 5) is 0. The Balaban J connectivity index is 1.94. The second-order valence-corrected chi connectivity index (χ2v) is 5.71. The molecule has 0 aliphatic heterocycles. The lowest BCUT2D eigenvalue weighted by atomic mass is 10.1. The maximum absolute atomic E-state index is 12.3. The van der Waals surface area contributed by atoms with Crippen molar-refractivity contribution in [2.45, 2.75) is 26.4 Å². The minimum Gasteiger partial charge on any atom is -0.874 e. The third kappa shape index (κ3) is 4.86. The predicted octanol–water partition coefficient (Wildman–Crippen LogP) is 1.35. The molecule has 6 N–H and O–H groups in total. The van der Waals surface area contributed by atoms with E-state index in [4.69, 9.17) is 16.9 Å². The molecule has 0 aliphatic carbocycles. The molecule has 0 fully saturated rings. The van der Waals surface area contributed by atoms with Crippen molar-refractivity contribution in [1.29, 1.82) is 5.41 Å². The van der Waals surface area contributed by atoms with E-state index in [1.54, 1.807) is 19.1 Å². The average Bonchev–Trinajstić information content (AvgIpc) is 2.60. The monoisotopic (exact) mass is 323 g/mol. The van der Waals surface area contributed by atoms with Crippen LogP contribution in [-0.2, 0) is 19.5 Å². The highest BCUT2D eigenvalue weighted by Gasteiger charge is 1.99. The van der Waals surface area contributed by atoms with Crippen LogP contribution in [0.5, 0.6) is 0 Å². The zero-order valence-corrected chi connectivity index (χ0v) is 13.8. The molecule has 0 spiro atoms. The molecule has 0 saturated heterocycles. The minimum absolute atomic E-state index is 0.0492. The first-order valence-corrected chi connectivity index (χ1v) is 7.81. The molecule has 0 atom stereocenters. The van der Waals surface area contributed by atoms with E-state index in [2.05, 4.69) is 5.32 Å². The smallest absolute Gasteiger partial charge is 0.122 e. The van der Waals surface area contributed by atoms with Gasteiger partial charge in [-0.15, -0.1) is 5.76 Å². The fourth-order valence-corrected chi connectivity index (χ4v) is 2.25. The summed E-state index contributed by atoms with van der Waals surface area (Å²) >= 11 is 0. The van der Waals surface area contributed by atoms with Crippen molar-refractivity contribution >= 4 is 5.84 Å². The Labute approximate surface area is 142 Å². The number of benzene rings is 2. The quantitative estimate of drug-likeness (QED) is 0.350. The minimum atomic E-state index is 0.0492. The van der Waals surface area contributed by atoms with E-state index in [-0.39, 0.29) is 11.6 Å². The lowest BCUT2D eigenvalue weighted by Gasteiger charge is -2.18. The van der Waals surface area contributed by atoms with E-state index in [1.807, 2.05) is 36.4 Å². The lowest BCUT2D eigenvalue weighted by molar-refractivity contribution is -0.307. The van der Waals surface area contributed by atoms with Crippen molar-refractivity contribution in [2.24, 2.45) is 11.5 Å². The first-order chi connectivity index (χ1) is 11.5. The summed E-state index contributed by atoms with van der Waals surface area (Å²) in [6.07, 6.45) is 0.368.